The minimum atomic E-state index is -0.298. The summed E-state index contributed by atoms with van der Waals surface area (Å²) < 4.78 is 0. The molecule has 1 fully saturated rings. The third-order valence-corrected chi connectivity index (χ3v) is 5.27. The summed E-state index contributed by atoms with van der Waals surface area (Å²) >= 11 is 0. The molecule has 1 N–H and O–H groups in total. The maximum Gasteiger partial charge on any atom is 0.0677 e. The molecule has 0 radical (unpaired) electrons. The monoisotopic (exact) mass is 280 g/mol. The molecular weight excluding hydrogens is 256 g/mol. The Hall–Kier alpha value is -1.60. The van der Waals surface area contributed by atoms with Gasteiger partial charge in [-0.3, -0.25) is 0 Å². The van der Waals surface area contributed by atoms with Crippen molar-refractivity contribution in [2.75, 3.05) is 0 Å². The van der Waals surface area contributed by atoms with Crippen LogP contribution in [0.25, 0.3) is 0 Å². The standard InChI is InChI=1S/C20H24O/c1-15-8-6-9-16(2)18(15)14-19(21)20(12-7-13-20)17-10-4-3-5-11-17/h3-6,8-11,19,21H,7,12-14H2,1-2H3. The van der Waals surface area contributed by atoms with Gasteiger partial charge in [0.05, 0.1) is 6.10 Å². The highest BCUT2D eigenvalue weighted by Crippen LogP contribution is 2.47. The lowest BCUT2D eigenvalue weighted by atomic mass is 9.60. The molecule has 110 valence electrons. The van der Waals surface area contributed by atoms with Crippen molar-refractivity contribution in [1.29, 1.82) is 0 Å². The van der Waals surface area contributed by atoms with Crippen LogP contribution >= 0.6 is 0 Å². The Morgan fingerprint density at radius 1 is 0.952 bits per heavy atom. The molecular formula is C20H24O. The minimum absolute atomic E-state index is 0.0318. The summed E-state index contributed by atoms with van der Waals surface area (Å²) in [6.45, 7) is 4.29. The fourth-order valence-corrected chi connectivity index (χ4v) is 3.70. The molecule has 2 aromatic carbocycles. The van der Waals surface area contributed by atoms with Crippen LogP contribution in [0.2, 0.25) is 0 Å². The van der Waals surface area contributed by atoms with Crippen molar-refractivity contribution in [3.63, 3.8) is 0 Å². The lowest BCUT2D eigenvalue weighted by molar-refractivity contribution is 0.0284. The van der Waals surface area contributed by atoms with Crippen LogP contribution < -0.4 is 0 Å². The van der Waals surface area contributed by atoms with Crippen molar-refractivity contribution in [3.05, 3.63) is 70.8 Å². The molecule has 1 aliphatic carbocycles. The van der Waals surface area contributed by atoms with Gasteiger partial charge in [0.15, 0.2) is 0 Å². The Labute approximate surface area is 127 Å². The molecule has 1 heteroatoms. The lowest BCUT2D eigenvalue weighted by Gasteiger charge is -2.46. The topological polar surface area (TPSA) is 20.2 Å². The van der Waals surface area contributed by atoms with Crippen LogP contribution in [0.3, 0.4) is 0 Å². The second kappa shape index (κ2) is 5.65. The molecule has 1 nitrogen and oxygen atoms in total. The highest BCUT2D eigenvalue weighted by atomic mass is 16.3. The normalized spacial score (nSPS) is 18.0. The molecule has 0 aromatic heterocycles. The molecule has 0 bridgehead atoms. The van der Waals surface area contributed by atoms with E-state index in [0.29, 0.717) is 0 Å². The quantitative estimate of drug-likeness (QED) is 0.884. The first-order chi connectivity index (χ1) is 10.1. The van der Waals surface area contributed by atoms with E-state index in [9.17, 15) is 5.11 Å². The Balaban J connectivity index is 1.89. The minimum Gasteiger partial charge on any atom is -0.392 e. The van der Waals surface area contributed by atoms with Crippen LogP contribution in [0, 0.1) is 13.8 Å². The second-order valence-electron chi connectivity index (χ2n) is 6.47. The third kappa shape index (κ3) is 2.51. The van der Waals surface area contributed by atoms with E-state index < -0.39 is 0 Å². The van der Waals surface area contributed by atoms with E-state index >= 15 is 0 Å². The smallest absolute Gasteiger partial charge is 0.0677 e. The number of aliphatic hydroxyl groups excluding tert-OH is 1. The summed E-state index contributed by atoms with van der Waals surface area (Å²) in [4.78, 5) is 0. The Morgan fingerprint density at radius 3 is 2.10 bits per heavy atom. The zero-order valence-corrected chi connectivity index (χ0v) is 13.0. The highest BCUT2D eigenvalue weighted by Gasteiger charge is 2.44. The summed E-state index contributed by atoms with van der Waals surface area (Å²) in [5, 5.41) is 11.0. The van der Waals surface area contributed by atoms with Gasteiger partial charge in [0.1, 0.15) is 0 Å². The predicted molar refractivity (Wildman–Crippen MR) is 87.6 cm³/mol. The van der Waals surface area contributed by atoms with Gasteiger partial charge in [0.25, 0.3) is 0 Å². The van der Waals surface area contributed by atoms with E-state index in [4.69, 9.17) is 0 Å². The van der Waals surface area contributed by atoms with Crippen LogP contribution in [-0.2, 0) is 11.8 Å². The van der Waals surface area contributed by atoms with Crippen molar-refractivity contribution >= 4 is 0 Å². The zero-order valence-electron chi connectivity index (χ0n) is 13.0. The molecule has 0 heterocycles. The summed E-state index contributed by atoms with van der Waals surface area (Å²) in [6, 6.07) is 16.9. The number of hydrogen-bond donors (Lipinski definition) is 1. The number of rotatable bonds is 4. The fraction of sp³-hybridized carbons (Fsp3) is 0.400. The molecule has 0 amide bonds. The van der Waals surface area contributed by atoms with Crippen LogP contribution in [0.1, 0.15) is 41.5 Å². The number of benzene rings is 2. The van der Waals surface area contributed by atoms with E-state index in [1.807, 2.05) is 6.07 Å². The summed E-state index contributed by atoms with van der Waals surface area (Å²) in [7, 11) is 0. The first kappa shape index (κ1) is 14.3. The van der Waals surface area contributed by atoms with Crippen molar-refractivity contribution in [2.24, 2.45) is 0 Å². The first-order valence-electron chi connectivity index (χ1n) is 7.92. The van der Waals surface area contributed by atoms with Gasteiger partial charge in [0, 0.05) is 5.41 Å². The van der Waals surface area contributed by atoms with Gasteiger partial charge < -0.3 is 5.11 Å². The molecule has 1 saturated carbocycles. The van der Waals surface area contributed by atoms with Crippen molar-refractivity contribution < 1.29 is 5.11 Å². The van der Waals surface area contributed by atoms with Gasteiger partial charge in [0.2, 0.25) is 0 Å². The molecule has 3 rings (SSSR count). The average molecular weight is 280 g/mol. The van der Waals surface area contributed by atoms with Crippen LogP contribution in [0.15, 0.2) is 48.5 Å². The van der Waals surface area contributed by atoms with Gasteiger partial charge in [-0.05, 0) is 55.4 Å². The summed E-state index contributed by atoms with van der Waals surface area (Å²) in [6.07, 6.45) is 3.88. The van der Waals surface area contributed by atoms with E-state index in [1.165, 1.54) is 28.7 Å². The molecule has 1 atom stereocenters. The lowest BCUT2D eigenvalue weighted by Crippen LogP contribution is -2.46. The molecule has 0 spiro atoms. The largest absolute Gasteiger partial charge is 0.392 e. The van der Waals surface area contributed by atoms with E-state index in [0.717, 1.165) is 19.3 Å². The van der Waals surface area contributed by atoms with Crippen LogP contribution in [-0.4, -0.2) is 11.2 Å². The van der Waals surface area contributed by atoms with Gasteiger partial charge in [-0.1, -0.05) is 55.0 Å². The van der Waals surface area contributed by atoms with Crippen molar-refractivity contribution in [1.82, 2.24) is 0 Å². The fourth-order valence-electron chi connectivity index (χ4n) is 3.70. The maximum atomic E-state index is 11.0. The Morgan fingerprint density at radius 2 is 1.57 bits per heavy atom. The first-order valence-corrected chi connectivity index (χ1v) is 7.92. The van der Waals surface area contributed by atoms with E-state index in [2.05, 4.69) is 56.3 Å². The van der Waals surface area contributed by atoms with E-state index in [1.54, 1.807) is 0 Å². The van der Waals surface area contributed by atoms with Crippen molar-refractivity contribution in [3.8, 4) is 0 Å². The summed E-state index contributed by atoms with van der Waals surface area (Å²) in [5.74, 6) is 0. The molecule has 1 aliphatic rings. The second-order valence-corrected chi connectivity index (χ2v) is 6.47. The third-order valence-electron chi connectivity index (χ3n) is 5.27. The molecule has 1 unspecified atom stereocenters. The number of aryl methyl sites for hydroxylation is 2. The molecule has 21 heavy (non-hydrogen) atoms. The van der Waals surface area contributed by atoms with Crippen molar-refractivity contribution in [2.45, 2.75) is 51.0 Å². The number of aliphatic hydroxyl groups is 1. The van der Waals surface area contributed by atoms with Gasteiger partial charge in [-0.15, -0.1) is 0 Å². The van der Waals surface area contributed by atoms with Gasteiger partial charge in [-0.2, -0.15) is 0 Å². The zero-order chi connectivity index (χ0) is 14.9. The average Bonchev–Trinajstić information content (AvgIpc) is 2.43. The highest BCUT2D eigenvalue weighted by molar-refractivity contribution is 5.36. The molecule has 2 aromatic rings. The van der Waals surface area contributed by atoms with E-state index in [-0.39, 0.29) is 11.5 Å². The van der Waals surface area contributed by atoms with Gasteiger partial charge >= 0.3 is 0 Å². The number of hydrogen-bond acceptors (Lipinski definition) is 1. The predicted octanol–water partition coefficient (Wildman–Crippen LogP) is 4.33. The Kier molecular flexibility index (Phi) is 3.86. The molecule has 0 aliphatic heterocycles. The van der Waals surface area contributed by atoms with Crippen LogP contribution in [0.4, 0.5) is 0 Å². The SMILES string of the molecule is Cc1cccc(C)c1CC(O)C1(c2ccccc2)CCC1. The maximum absolute atomic E-state index is 11.0. The molecule has 0 saturated heterocycles. The van der Waals surface area contributed by atoms with Gasteiger partial charge in [-0.25, -0.2) is 0 Å². The van der Waals surface area contributed by atoms with Crippen LogP contribution in [0.5, 0.6) is 0 Å². The Bertz CT molecular complexity index is 591. The summed E-state index contributed by atoms with van der Waals surface area (Å²) in [5.41, 5.74) is 5.16.